The molecule has 0 saturated heterocycles. The Morgan fingerprint density at radius 2 is 1.73 bits per heavy atom. The van der Waals surface area contributed by atoms with E-state index in [-0.39, 0.29) is 31.5 Å². The van der Waals surface area contributed by atoms with E-state index in [9.17, 15) is 14.4 Å². The van der Waals surface area contributed by atoms with Crippen molar-refractivity contribution in [1.82, 2.24) is 10.2 Å². The molecule has 0 aliphatic rings. The number of carbonyl (C=O) groups is 3. The fourth-order valence-electron chi connectivity index (χ4n) is 2.16. The van der Waals surface area contributed by atoms with E-state index >= 15 is 0 Å². The number of ether oxygens (including phenoxy) is 2. The Balaban J connectivity index is 2.43. The van der Waals surface area contributed by atoms with E-state index in [2.05, 4.69) is 10.6 Å². The number of amides is 3. The number of rotatable bonds is 11. The van der Waals surface area contributed by atoms with Gasteiger partial charge >= 0.3 is 0 Å². The summed E-state index contributed by atoms with van der Waals surface area (Å²) in [6.07, 6.45) is 0.604. The highest BCUT2D eigenvalue weighted by molar-refractivity contribution is 5.95. The van der Waals surface area contributed by atoms with Gasteiger partial charge in [-0.15, -0.1) is 0 Å². The van der Waals surface area contributed by atoms with E-state index in [1.165, 1.54) is 12.0 Å². The molecular weight excluding hydrogens is 338 g/mol. The Hall–Kier alpha value is -2.45. The quantitative estimate of drug-likeness (QED) is 0.559. The average Bonchev–Trinajstić information content (AvgIpc) is 2.61. The summed E-state index contributed by atoms with van der Waals surface area (Å²) in [6.45, 7) is 2.40. The van der Waals surface area contributed by atoms with Crippen molar-refractivity contribution in [3.8, 4) is 0 Å². The average molecular weight is 365 g/mol. The zero-order valence-electron chi connectivity index (χ0n) is 15.5. The predicted octanol–water partition coefficient (Wildman–Crippen LogP) is 0.561. The van der Waals surface area contributed by atoms with Crippen molar-refractivity contribution in [3.05, 3.63) is 29.8 Å². The third-order valence-electron chi connectivity index (χ3n) is 3.51. The van der Waals surface area contributed by atoms with Crippen LogP contribution < -0.4 is 10.6 Å². The van der Waals surface area contributed by atoms with Gasteiger partial charge in [0.1, 0.15) is 6.61 Å². The maximum absolute atomic E-state index is 12.0. The van der Waals surface area contributed by atoms with Crippen molar-refractivity contribution in [1.29, 1.82) is 0 Å². The molecule has 8 heteroatoms. The molecule has 1 rings (SSSR count). The Bertz CT molecular complexity index is 589. The van der Waals surface area contributed by atoms with Gasteiger partial charge in [0.25, 0.3) is 0 Å². The Labute approximate surface area is 153 Å². The smallest absolute Gasteiger partial charge is 0.249 e. The molecule has 3 amide bonds. The first-order valence-electron chi connectivity index (χ1n) is 8.35. The first-order valence-corrected chi connectivity index (χ1v) is 8.35. The van der Waals surface area contributed by atoms with Crippen LogP contribution in [-0.2, 0) is 23.9 Å². The first-order chi connectivity index (χ1) is 12.5. The van der Waals surface area contributed by atoms with Crippen LogP contribution in [0.4, 0.5) is 5.69 Å². The third-order valence-corrected chi connectivity index (χ3v) is 3.51. The van der Waals surface area contributed by atoms with E-state index in [0.717, 1.165) is 5.56 Å². The number of hydrogen-bond acceptors (Lipinski definition) is 5. The van der Waals surface area contributed by atoms with Crippen LogP contribution in [0, 0.1) is 6.92 Å². The Morgan fingerprint density at radius 3 is 2.35 bits per heavy atom. The van der Waals surface area contributed by atoms with Gasteiger partial charge in [0.15, 0.2) is 0 Å². The SMILES string of the molecule is COCCCN(CC(=O)NCC(=O)Nc1ccc(C)cc1)C(=O)COC. The minimum absolute atomic E-state index is 0.103. The van der Waals surface area contributed by atoms with Gasteiger partial charge in [0, 0.05) is 33.1 Å². The number of hydrogen-bond donors (Lipinski definition) is 2. The lowest BCUT2D eigenvalue weighted by atomic mass is 10.2. The second kappa shape index (κ2) is 12.0. The lowest BCUT2D eigenvalue weighted by molar-refractivity contribution is -0.139. The van der Waals surface area contributed by atoms with Gasteiger partial charge in [-0.05, 0) is 25.5 Å². The third kappa shape index (κ3) is 8.59. The van der Waals surface area contributed by atoms with Gasteiger partial charge in [-0.25, -0.2) is 0 Å². The highest BCUT2D eigenvalue weighted by Crippen LogP contribution is 2.07. The molecule has 0 fully saturated rings. The Morgan fingerprint density at radius 1 is 1.04 bits per heavy atom. The summed E-state index contributed by atoms with van der Waals surface area (Å²) >= 11 is 0. The van der Waals surface area contributed by atoms with Crippen molar-refractivity contribution < 1.29 is 23.9 Å². The molecule has 144 valence electrons. The van der Waals surface area contributed by atoms with Gasteiger partial charge in [0.05, 0.1) is 13.1 Å². The summed E-state index contributed by atoms with van der Waals surface area (Å²) in [5.74, 6) is -1.04. The number of aryl methyl sites for hydroxylation is 1. The van der Waals surface area contributed by atoms with Gasteiger partial charge in [0.2, 0.25) is 17.7 Å². The zero-order chi connectivity index (χ0) is 19.4. The molecule has 1 aromatic carbocycles. The van der Waals surface area contributed by atoms with E-state index in [0.29, 0.717) is 25.3 Å². The summed E-state index contributed by atoms with van der Waals surface area (Å²) in [6, 6.07) is 7.34. The lowest BCUT2D eigenvalue weighted by Crippen LogP contribution is -2.44. The summed E-state index contributed by atoms with van der Waals surface area (Å²) in [7, 11) is 2.99. The van der Waals surface area contributed by atoms with Gasteiger partial charge in [-0.1, -0.05) is 17.7 Å². The lowest BCUT2D eigenvalue weighted by Gasteiger charge is -2.21. The molecule has 0 bridgehead atoms. The summed E-state index contributed by atoms with van der Waals surface area (Å²) in [5, 5.41) is 5.21. The summed E-state index contributed by atoms with van der Waals surface area (Å²) in [4.78, 5) is 37.3. The molecule has 0 saturated carbocycles. The molecule has 0 spiro atoms. The minimum Gasteiger partial charge on any atom is -0.385 e. The van der Waals surface area contributed by atoms with E-state index in [4.69, 9.17) is 9.47 Å². The van der Waals surface area contributed by atoms with Crippen LogP contribution in [0.5, 0.6) is 0 Å². The molecule has 1 aromatic rings. The normalized spacial score (nSPS) is 10.3. The number of carbonyl (C=O) groups excluding carboxylic acids is 3. The van der Waals surface area contributed by atoms with Crippen molar-refractivity contribution in [2.24, 2.45) is 0 Å². The monoisotopic (exact) mass is 365 g/mol. The Kier molecular flexibility index (Phi) is 9.96. The second-order valence-corrected chi connectivity index (χ2v) is 5.79. The molecule has 8 nitrogen and oxygen atoms in total. The molecule has 0 unspecified atom stereocenters. The molecule has 0 aliphatic carbocycles. The van der Waals surface area contributed by atoms with Crippen LogP contribution in [0.25, 0.3) is 0 Å². The predicted molar refractivity (Wildman–Crippen MR) is 97.8 cm³/mol. The topological polar surface area (TPSA) is 97.0 Å². The first kappa shape index (κ1) is 21.6. The van der Waals surface area contributed by atoms with Crippen molar-refractivity contribution in [2.45, 2.75) is 13.3 Å². The van der Waals surface area contributed by atoms with E-state index < -0.39 is 5.91 Å². The summed E-state index contributed by atoms with van der Waals surface area (Å²) < 4.78 is 9.78. The molecule has 0 atom stereocenters. The molecule has 0 aromatic heterocycles. The largest absolute Gasteiger partial charge is 0.385 e. The van der Waals surface area contributed by atoms with Gasteiger partial charge < -0.3 is 25.0 Å². The van der Waals surface area contributed by atoms with Crippen LogP contribution >= 0.6 is 0 Å². The summed E-state index contributed by atoms with van der Waals surface area (Å²) in [5.41, 5.74) is 1.75. The minimum atomic E-state index is -0.411. The van der Waals surface area contributed by atoms with Crippen LogP contribution in [0.3, 0.4) is 0 Å². The number of benzene rings is 1. The number of nitrogens with zero attached hydrogens (tertiary/aromatic N) is 1. The molecule has 0 radical (unpaired) electrons. The van der Waals surface area contributed by atoms with E-state index in [1.54, 1.807) is 19.2 Å². The van der Waals surface area contributed by atoms with E-state index in [1.807, 2.05) is 19.1 Å². The van der Waals surface area contributed by atoms with Crippen molar-refractivity contribution in [2.75, 3.05) is 52.4 Å². The maximum atomic E-state index is 12.0. The molecular formula is C18H27N3O5. The van der Waals surface area contributed by atoms with Crippen LogP contribution in [-0.4, -0.2) is 69.7 Å². The van der Waals surface area contributed by atoms with Crippen LogP contribution in [0.15, 0.2) is 24.3 Å². The number of nitrogens with one attached hydrogen (secondary N) is 2. The molecule has 0 heterocycles. The molecule has 26 heavy (non-hydrogen) atoms. The second-order valence-electron chi connectivity index (χ2n) is 5.79. The van der Waals surface area contributed by atoms with Crippen LogP contribution in [0.2, 0.25) is 0 Å². The number of anilines is 1. The molecule has 2 N–H and O–H groups in total. The maximum Gasteiger partial charge on any atom is 0.249 e. The zero-order valence-corrected chi connectivity index (χ0v) is 15.5. The number of methoxy groups -OCH3 is 2. The highest BCUT2D eigenvalue weighted by Gasteiger charge is 2.17. The fraction of sp³-hybridized carbons (Fsp3) is 0.500. The van der Waals surface area contributed by atoms with Crippen LogP contribution in [0.1, 0.15) is 12.0 Å². The van der Waals surface area contributed by atoms with Gasteiger partial charge in [-0.2, -0.15) is 0 Å². The van der Waals surface area contributed by atoms with Crippen molar-refractivity contribution >= 4 is 23.4 Å². The van der Waals surface area contributed by atoms with Gasteiger partial charge in [-0.3, -0.25) is 14.4 Å². The van der Waals surface area contributed by atoms with Crippen molar-refractivity contribution in [3.63, 3.8) is 0 Å². The fourth-order valence-corrected chi connectivity index (χ4v) is 2.16. The molecule has 0 aliphatic heterocycles. The standard InChI is InChI=1S/C18H27N3O5/c1-14-5-7-15(8-6-14)20-16(22)11-19-17(23)12-21(9-4-10-25-2)18(24)13-26-3/h5-8H,4,9-13H2,1-3H3,(H,19,23)(H,20,22). The highest BCUT2D eigenvalue weighted by atomic mass is 16.5.